The predicted octanol–water partition coefficient (Wildman–Crippen LogP) is 2.50. The number of carboxylic acid groups (broad SMARTS) is 1. The zero-order valence-electron chi connectivity index (χ0n) is 9.77. The molecule has 0 amide bonds. The Morgan fingerprint density at radius 1 is 1.38 bits per heavy atom. The first-order valence-electron chi connectivity index (χ1n) is 5.37. The quantitative estimate of drug-likeness (QED) is 0.804. The maximum Gasteiger partial charge on any atom is 0.306 e. The second-order valence-corrected chi connectivity index (χ2v) is 4.21. The Bertz CT molecular complexity index is 334. The van der Waals surface area contributed by atoms with Crippen molar-refractivity contribution in [1.29, 1.82) is 0 Å². The lowest BCUT2D eigenvalue weighted by Crippen LogP contribution is -2.31. The molecule has 1 rings (SSSR count). The van der Waals surface area contributed by atoms with Crippen LogP contribution in [0, 0.1) is 0 Å². The molecule has 0 spiro atoms. The van der Waals surface area contributed by atoms with E-state index in [9.17, 15) is 4.79 Å². The van der Waals surface area contributed by atoms with Crippen LogP contribution in [0.5, 0.6) is 0 Å². The third kappa shape index (κ3) is 4.03. The minimum atomic E-state index is -0.822. The standard InChI is InChI=1S/C13H18O3/c1-13(16-2,10-12(14)15)9-8-11-6-4-3-5-7-11/h3-7H,8-10H2,1-2H3,(H,14,15). The summed E-state index contributed by atoms with van der Waals surface area (Å²) in [5, 5.41) is 8.80. The van der Waals surface area contributed by atoms with E-state index in [1.807, 2.05) is 37.3 Å². The molecular formula is C13H18O3. The van der Waals surface area contributed by atoms with Gasteiger partial charge in [0, 0.05) is 7.11 Å². The SMILES string of the molecule is COC(C)(CCc1ccccc1)CC(=O)O. The maximum absolute atomic E-state index is 10.7. The van der Waals surface area contributed by atoms with Gasteiger partial charge in [0.1, 0.15) is 0 Å². The van der Waals surface area contributed by atoms with E-state index in [2.05, 4.69) is 0 Å². The second kappa shape index (κ2) is 5.66. The minimum absolute atomic E-state index is 0.0380. The number of hydrogen-bond acceptors (Lipinski definition) is 2. The van der Waals surface area contributed by atoms with E-state index in [1.165, 1.54) is 5.56 Å². The van der Waals surface area contributed by atoms with Gasteiger partial charge in [-0.05, 0) is 25.3 Å². The molecule has 0 aliphatic carbocycles. The third-order valence-corrected chi connectivity index (χ3v) is 2.80. The fourth-order valence-electron chi connectivity index (χ4n) is 1.64. The van der Waals surface area contributed by atoms with Gasteiger partial charge in [-0.3, -0.25) is 4.79 Å². The summed E-state index contributed by atoms with van der Waals surface area (Å²) in [5.41, 5.74) is 0.623. The number of methoxy groups -OCH3 is 1. The van der Waals surface area contributed by atoms with Crippen LogP contribution in [-0.2, 0) is 16.0 Å². The van der Waals surface area contributed by atoms with Crippen molar-refractivity contribution in [1.82, 2.24) is 0 Å². The summed E-state index contributed by atoms with van der Waals surface area (Å²) >= 11 is 0. The normalized spacial score (nSPS) is 14.4. The topological polar surface area (TPSA) is 46.5 Å². The molecule has 0 radical (unpaired) electrons. The largest absolute Gasteiger partial charge is 0.481 e. The number of ether oxygens (including phenoxy) is 1. The van der Waals surface area contributed by atoms with Gasteiger partial charge in [-0.15, -0.1) is 0 Å². The molecule has 0 fully saturated rings. The highest BCUT2D eigenvalue weighted by Gasteiger charge is 2.26. The van der Waals surface area contributed by atoms with Crippen molar-refractivity contribution >= 4 is 5.97 Å². The van der Waals surface area contributed by atoms with Gasteiger partial charge in [0.05, 0.1) is 12.0 Å². The molecule has 0 saturated carbocycles. The lowest BCUT2D eigenvalue weighted by molar-refractivity contribution is -0.143. The molecule has 16 heavy (non-hydrogen) atoms. The van der Waals surface area contributed by atoms with E-state index in [0.717, 1.165) is 6.42 Å². The molecule has 1 atom stereocenters. The molecule has 0 aromatic heterocycles. The smallest absolute Gasteiger partial charge is 0.306 e. The Labute approximate surface area is 96.1 Å². The molecular weight excluding hydrogens is 204 g/mol. The molecule has 0 aliphatic heterocycles. The highest BCUT2D eigenvalue weighted by atomic mass is 16.5. The number of aryl methyl sites for hydroxylation is 1. The summed E-state index contributed by atoms with van der Waals surface area (Å²) in [6, 6.07) is 10.0. The molecule has 1 N–H and O–H groups in total. The summed E-state index contributed by atoms with van der Waals surface area (Å²) in [6.45, 7) is 1.84. The summed E-state index contributed by atoms with van der Waals surface area (Å²) in [5.74, 6) is -0.822. The van der Waals surface area contributed by atoms with Gasteiger partial charge in [-0.2, -0.15) is 0 Å². The van der Waals surface area contributed by atoms with Crippen LogP contribution >= 0.6 is 0 Å². The zero-order chi connectivity index (χ0) is 12.0. The molecule has 0 aliphatic rings. The van der Waals surface area contributed by atoms with E-state index in [-0.39, 0.29) is 6.42 Å². The summed E-state index contributed by atoms with van der Waals surface area (Å²) < 4.78 is 5.29. The summed E-state index contributed by atoms with van der Waals surface area (Å²) in [6.07, 6.45) is 1.58. The van der Waals surface area contributed by atoms with Crippen LogP contribution in [0.1, 0.15) is 25.3 Å². The van der Waals surface area contributed by atoms with Crippen LogP contribution in [0.3, 0.4) is 0 Å². The van der Waals surface area contributed by atoms with Gasteiger partial charge in [0.2, 0.25) is 0 Å². The van der Waals surface area contributed by atoms with Crippen LogP contribution in [-0.4, -0.2) is 23.8 Å². The molecule has 0 heterocycles. The van der Waals surface area contributed by atoms with E-state index < -0.39 is 11.6 Å². The maximum atomic E-state index is 10.7. The van der Waals surface area contributed by atoms with Crippen molar-refractivity contribution < 1.29 is 14.6 Å². The van der Waals surface area contributed by atoms with Gasteiger partial charge in [-0.1, -0.05) is 30.3 Å². The van der Waals surface area contributed by atoms with Gasteiger partial charge in [0.25, 0.3) is 0 Å². The predicted molar refractivity (Wildman–Crippen MR) is 62.4 cm³/mol. The van der Waals surface area contributed by atoms with E-state index >= 15 is 0 Å². The average molecular weight is 222 g/mol. The number of hydrogen-bond donors (Lipinski definition) is 1. The number of benzene rings is 1. The van der Waals surface area contributed by atoms with Crippen molar-refractivity contribution in [2.75, 3.05) is 7.11 Å². The lowest BCUT2D eigenvalue weighted by Gasteiger charge is -2.26. The Morgan fingerprint density at radius 3 is 2.50 bits per heavy atom. The van der Waals surface area contributed by atoms with E-state index in [4.69, 9.17) is 9.84 Å². The fraction of sp³-hybridized carbons (Fsp3) is 0.462. The van der Waals surface area contributed by atoms with E-state index in [0.29, 0.717) is 6.42 Å². The molecule has 3 heteroatoms. The Morgan fingerprint density at radius 2 is 2.00 bits per heavy atom. The Hall–Kier alpha value is -1.35. The van der Waals surface area contributed by atoms with Gasteiger partial charge in [0.15, 0.2) is 0 Å². The minimum Gasteiger partial charge on any atom is -0.481 e. The highest BCUT2D eigenvalue weighted by Crippen LogP contribution is 2.21. The molecule has 1 aromatic carbocycles. The van der Waals surface area contributed by atoms with Gasteiger partial charge >= 0.3 is 5.97 Å². The number of aliphatic carboxylic acids is 1. The van der Waals surface area contributed by atoms with Gasteiger partial charge in [-0.25, -0.2) is 0 Å². The van der Waals surface area contributed by atoms with Crippen LogP contribution in [0.2, 0.25) is 0 Å². The number of carboxylic acids is 1. The first kappa shape index (κ1) is 12.7. The highest BCUT2D eigenvalue weighted by molar-refractivity contribution is 5.68. The average Bonchev–Trinajstić information content (AvgIpc) is 2.27. The first-order valence-corrected chi connectivity index (χ1v) is 5.37. The zero-order valence-corrected chi connectivity index (χ0v) is 9.77. The van der Waals surface area contributed by atoms with Crippen molar-refractivity contribution in [2.45, 2.75) is 31.8 Å². The molecule has 1 unspecified atom stereocenters. The number of carbonyl (C=O) groups is 1. The summed E-state index contributed by atoms with van der Waals surface area (Å²) in [4.78, 5) is 10.7. The molecule has 88 valence electrons. The molecule has 0 saturated heterocycles. The first-order chi connectivity index (χ1) is 7.56. The van der Waals surface area contributed by atoms with Crippen LogP contribution in [0.25, 0.3) is 0 Å². The van der Waals surface area contributed by atoms with Crippen LogP contribution in [0.15, 0.2) is 30.3 Å². The molecule has 0 bridgehead atoms. The fourth-order valence-corrected chi connectivity index (χ4v) is 1.64. The lowest BCUT2D eigenvalue weighted by atomic mass is 9.93. The van der Waals surface area contributed by atoms with Crippen molar-refractivity contribution in [3.8, 4) is 0 Å². The molecule has 3 nitrogen and oxygen atoms in total. The van der Waals surface area contributed by atoms with Crippen molar-refractivity contribution in [3.05, 3.63) is 35.9 Å². The van der Waals surface area contributed by atoms with Gasteiger partial charge < -0.3 is 9.84 Å². The van der Waals surface area contributed by atoms with Crippen molar-refractivity contribution in [3.63, 3.8) is 0 Å². The van der Waals surface area contributed by atoms with Crippen molar-refractivity contribution in [2.24, 2.45) is 0 Å². The second-order valence-electron chi connectivity index (χ2n) is 4.21. The van der Waals surface area contributed by atoms with E-state index in [1.54, 1.807) is 7.11 Å². The Kier molecular flexibility index (Phi) is 4.50. The summed E-state index contributed by atoms with van der Waals surface area (Å²) in [7, 11) is 1.56. The number of rotatable bonds is 6. The monoisotopic (exact) mass is 222 g/mol. The third-order valence-electron chi connectivity index (χ3n) is 2.80. The van der Waals surface area contributed by atoms with Crippen LogP contribution < -0.4 is 0 Å². The van der Waals surface area contributed by atoms with Crippen LogP contribution in [0.4, 0.5) is 0 Å². The molecule has 1 aromatic rings. The Balaban J connectivity index is 2.54.